The van der Waals surface area contributed by atoms with E-state index in [9.17, 15) is 0 Å². The molecule has 0 spiro atoms. The van der Waals surface area contributed by atoms with Crippen molar-refractivity contribution in [2.24, 2.45) is 23.2 Å². The molecule has 3 aliphatic carbocycles. The fourth-order valence-electron chi connectivity index (χ4n) is 3.52. The molecule has 0 aromatic rings. The van der Waals surface area contributed by atoms with Gasteiger partial charge in [0, 0.05) is 0 Å². The van der Waals surface area contributed by atoms with Crippen molar-refractivity contribution < 1.29 is 0 Å². The summed E-state index contributed by atoms with van der Waals surface area (Å²) < 4.78 is 0. The second-order valence-electron chi connectivity index (χ2n) is 4.89. The van der Waals surface area contributed by atoms with Crippen molar-refractivity contribution in [2.45, 2.75) is 46.5 Å². The van der Waals surface area contributed by atoms with Gasteiger partial charge in [0.05, 0.1) is 0 Å². The van der Waals surface area contributed by atoms with Crippen molar-refractivity contribution in [2.75, 3.05) is 0 Å². The Morgan fingerprint density at radius 2 is 2.09 bits per heavy atom. The predicted molar refractivity (Wildman–Crippen MR) is 48.4 cm³/mol. The third-order valence-corrected chi connectivity index (χ3v) is 4.78. The van der Waals surface area contributed by atoms with Crippen LogP contribution in [0.2, 0.25) is 0 Å². The molecule has 0 aromatic heterocycles. The molecule has 0 nitrogen and oxygen atoms in total. The number of hydrogen-bond acceptors (Lipinski definition) is 0. The lowest BCUT2D eigenvalue weighted by molar-refractivity contribution is -0.113. The summed E-state index contributed by atoms with van der Waals surface area (Å²) in [5, 5.41) is 0. The van der Waals surface area contributed by atoms with Crippen LogP contribution in [-0.4, -0.2) is 0 Å². The molecule has 11 heavy (non-hydrogen) atoms. The van der Waals surface area contributed by atoms with Gasteiger partial charge in [0.1, 0.15) is 0 Å². The summed E-state index contributed by atoms with van der Waals surface area (Å²) in [6.07, 6.45) is 5.99. The van der Waals surface area contributed by atoms with Crippen LogP contribution in [0.25, 0.3) is 0 Å². The fourth-order valence-corrected chi connectivity index (χ4v) is 3.52. The summed E-state index contributed by atoms with van der Waals surface area (Å²) >= 11 is 0. The highest BCUT2D eigenvalue weighted by Gasteiger charge is 2.54. The lowest BCUT2D eigenvalue weighted by Crippen LogP contribution is -2.52. The van der Waals surface area contributed by atoms with Gasteiger partial charge in [0.2, 0.25) is 0 Å². The van der Waals surface area contributed by atoms with Gasteiger partial charge in [-0.25, -0.2) is 0 Å². The Labute approximate surface area is 70.4 Å². The highest BCUT2D eigenvalue weighted by molar-refractivity contribution is 5.03. The maximum absolute atomic E-state index is 2.48. The van der Waals surface area contributed by atoms with Crippen LogP contribution in [0.3, 0.4) is 0 Å². The molecule has 4 unspecified atom stereocenters. The normalized spacial score (nSPS) is 55.4. The summed E-state index contributed by atoms with van der Waals surface area (Å²) in [7, 11) is 0. The van der Waals surface area contributed by atoms with Crippen LogP contribution in [0.1, 0.15) is 46.5 Å². The van der Waals surface area contributed by atoms with Gasteiger partial charge in [0.25, 0.3) is 0 Å². The Morgan fingerprint density at radius 3 is 2.55 bits per heavy atom. The van der Waals surface area contributed by atoms with E-state index >= 15 is 0 Å². The maximum Gasteiger partial charge on any atom is -0.0269 e. The van der Waals surface area contributed by atoms with Gasteiger partial charge in [-0.3, -0.25) is 0 Å². The van der Waals surface area contributed by atoms with Gasteiger partial charge in [0.15, 0.2) is 0 Å². The number of fused-ring (bicyclic) bond motifs is 2. The van der Waals surface area contributed by atoms with Gasteiger partial charge in [-0.2, -0.15) is 0 Å². The molecule has 0 N–H and O–H groups in total. The minimum Gasteiger partial charge on any atom is -0.0648 e. The van der Waals surface area contributed by atoms with E-state index in [-0.39, 0.29) is 0 Å². The number of hydrogen-bond donors (Lipinski definition) is 0. The molecular weight excluding hydrogens is 132 g/mol. The molecule has 0 aliphatic heterocycles. The smallest absolute Gasteiger partial charge is 0.0269 e. The average molecular weight is 152 g/mol. The highest BCUT2D eigenvalue weighted by Crippen LogP contribution is 2.63. The summed E-state index contributed by atoms with van der Waals surface area (Å²) in [6, 6.07) is 0. The molecular formula is C11H20. The van der Waals surface area contributed by atoms with E-state index in [1.807, 2.05) is 0 Å². The Hall–Kier alpha value is 0. The monoisotopic (exact) mass is 152 g/mol. The molecule has 0 heterocycles. The minimum absolute atomic E-state index is 0.803. The topological polar surface area (TPSA) is 0 Å². The molecule has 0 radical (unpaired) electrons. The minimum atomic E-state index is 0.803. The number of rotatable bonds is 1. The highest BCUT2D eigenvalue weighted by atomic mass is 14.6. The molecule has 3 saturated carbocycles. The van der Waals surface area contributed by atoms with E-state index in [1.54, 1.807) is 6.42 Å². The summed E-state index contributed by atoms with van der Waals surface area (Å²) in [4.78, 5) is 0. The van der Waals surface area contributed by atoms with Crippen molar-refractivity contribution in [3.8, 4) is 0 Å². The van der Waals surface area contributed by atoms with Crippen LogP contribution in [0.5, 0.6) is 0 Å². The van der Waals surface area contributed by atoms with E-state index in [4.69, 9.17) is 0 Å². The molecule has 0 saturated heterocycles. The second-order valence-corrected chi connectivity index (χ2v) is 4.89. The van der Waals surface area contributed by atoms with Crippen molar-refractivity contribution in [3.05, 3.63) is 0 Å². The van der Waals surface area contributed by atoms with E-state index in [0.717, 1.165) is 23.2 Å². The largest absolute Gasteiger partial charge is 0.0648 e. The van der Waals surface area contributed by atoms with Crippen LogP contribution in [0.4, 0.5) is 0 Å². The zero-order valence-corrected chi connectivity index (χ0v) is 8.06. The van der Waals surface area contributed by atoms with Crippen LogP contribution < -0.4 is 0 Å². The van der Waals surface area contributed by atoms with Crippen LogP contribution >= 0.6 is 0 Å². The molecule has 4 atom stereocenters. The van der Waals surface area contributed by atoms with E-state index < -0.39 is 0 Å². The molecule has 3 fully saturated rings. The quantitative estimate of drug-likeness (QED) is 0.539. The first kappa shape index (κ1) is 7.64. The van der Waals surface area contributed by atoms with Crippen LogP contribution in [-0.2, 0) is 0 Å². The molecule has 0 heteroatoms. The maximum atomic E-state index is 2.48. The Morgan fingerprint density at radius 1 is 1.36 bits per heavy atom. The second kappa shape index (κ2) is 2.24. The van der Waals surface area contributed by atoms with Gasteiger partial charge in [-0.05, 0) is 42.4 Å². The van der Waals surface area contributed by atoms with Crippen molar-refractivity contribution in [1.29, 1.82) is 0 Å². The average Bonchev–Trinajstić information content (AvgIpc) is 2.04. The van der Waals surface area contributed by atoms with Gasteiger partial charge < -0.3 is 0 Å². The predicted octanol–water partition coefficient (Wildman–Crippen LogP) is 3.47. The fraction of sp³-hybridized carbons (Fsp3) is 1.00. The molecule has 2 bridgehead atoms. The Kier molecular flexibility index (Phi) is 1.56. The lowest BCUT2D eigenvalue weighted by atomic mass is 9.44. The molecule has 0 aromatic carbocycles. The van der Waals surface area contributed by atoms with Gasteiger partial charge in [-0.15, -0.1) is 0 Å². The first-order valence-electron chi connectivity index (χ1n) is 5.19. The van der Waals surface area contributed by atoms with E-state index in [1.165, 1.54) is 19.3 Å². The standard InChI is InChI=1S/C11H20/c1-4-11-6-5-8(2)10(7-11)9(11)3/h8-10H,4-7H2,1-3H3. The molecule has 0 amide bonds. The summed E-state index contributed by atoms with van der Waals surface area (Å²) in [6.45, 7) is 7.30. The van der Waals surface area contributed by atoms with Crippen LogP contribution in [0.15, 0.2) is 0 Å². The third-order valence-electron chi connectivity index (χ3n) is 4.78. The van der Waals surface area contributed by atoms with E-state index in [0.29, 0.717) is 0 Å². The summed E-state index contributed by atoms with van der Waals surface area (Å²) in [5.41, 5.74) is 0.803. The first-order chi connectivity index (χ1) is 5.19. The zero-order chi connectivity index (χ0) is 8.06. The van der Waals surface area contributed by atoms with Crippen LogP contribution in [0, 0.1) is 23.2 Å². The Bertz CT molecular complexity index is 157. The van der Waals surface area contributed by atoms with Crippen molar-refractivity contribution in [1.82, 2.24) is 0 Å². The zero-order valence-electron chi connectivity index (χ0n) is 8.06. The van der Waals surface area contributed by atoms with Gasteiger partial charge in [-0.1, -0.05) is 27.2 Å². The summed E-state index contributed by atoms with van der Waals surface area (Å²) in [5.74, 6) is 3.15. The van der Waals surface area contributed by atoms with Crippen molar-refractivity contribution in [3.63, 3.8) is 0 Å². The van der Waals surface area contributed by atoms with Gasteiger partial charge >= 0.3 is 0 Å². The lowest BCUT2D eigenvalue weighted by Gasteiger charge is -2.61. The molecule has 3 aliphatic rings. The molecule has 3 rings (SSSR count). The first-order valence-corrected chi connectivity index (χ1v) is 5.19. The SMILES string of the molecule is CCC12CCC(C)C(C1)C2C. The third kappa shape index (κ3) is 0.816. The molecule has 64 valence electrons. The van der Waals surface area contributed by atoms with E-state index in [2.05, 4.69) is 20.8 Å². The van der Waals surface area contributed by atoms with Crippen molar-refractivity contribution >= 4 is 0 Å². The Balaban J connectivity index is 2.11.